The van der Waals surface area contributed by atoms with Crippen LogP contribution in [0.25, 0.3) is 0 Å². The van der Waals surface area contributed by atoms with E-state index in [0.29, 0.717) is 22.3 Å². The lowest BCUT2D eigenvalue weighted by molar-refractivity contribution is -0.118. The van der Waals surface area contributed by atoms with Gasteiger partial charge in [0.25, 0.3) is 5.76 Å². The van der Waals surface area contributed by atoms with Crippen molar-refractivity contribution in [1.82, 2.24) is 15.1 Å². The van der Waals surface area contributed by atoms with Gasteiger partial charge >= 0.3 is 0 Å². The van der Waals surface area contributed by atoms with Crippen LogP contribution in [-0.4, -0.2) is 28.5 Å². The first kappa shape index (κ1) is 16.4. The van der Waals surface area contributed by atoms with Crippen LogP contribution in [0.3, 0.4) is 0 Å². The Morgan fingerprint density at radius 3 is 2.77 bits per heavy atom. The summed E-state index contributed by atoms with van der Waals surface area (Å²) >= 11 is 0.440. The van der Waals surface area contributed by atoms with E-state index in [1.165, 1.54) is 6.07 Å². The van der Waals surface area contributed by atoms with Gasteiger partial charge in [0.1, 0.15) is 6.04 Å². The zero-order valence-corrected chi connectivity index (χ0v) is 12.9. The molecular formula is C14H16F2N4OS. The lowest BCUT2D eigenvalue weighted by atomic mass is 10.1. The fourth-order valence-corrected chi connectivity index (χ4v) is 2.56. The number of carbonyl (C=O) groups excluding carboxylic acids is 1. The minimum Gasteiger partial charge on any atom is -0.324 e. The van der Waals surface area contributed by atoms with Gasteiger partial charge in [-0.25, -0.2) is 0 Å². The standard InChI is InChI=1S/C14H16F2N4OS/c1-17-12(9-7-18-20(2)8-9)13(21)19-10-4-3-5-11(6-10)22-14(15)16/h3-8,12,14,17H,1-2H3,(H,19,21). The van der Waals surface area contributed by atoms with Crippen LogP contribution in [0.5, 0.6) is 0 Å². The van der Waals surface area contributed by atoms with Crippen molar-refractivity contribution in [3.05, 3.63) is 42.2 Å². The largest absolute Gasteiger partial charge is 0.324 e. The van der Waals surface area contributed by atoms with Crippen molar-refractivity contribution >= 4 is 23.4 Å². The first-order valence-electron chi connectivity index (χ1n) is 6.51. The van der Waals surface area contributed by atoms with E-state index in [2.05, 4.69) is 15.7 Å². The molecule has 1 aromatic carbocycles. The summed E-state index contributed by atoms with van der Waals surface area (Å²) in [5.74, 6) is -2.78. The summed E-state index contributed by atoms with van der Waals surface area (Å²) in [6, 6.07) is 5.80. The third kappa shape index (κ3) is 4.28. The highest BCUT2D eigenvalue weighted by Gasteiger charge is 2.20. The van der Waals surface area contributed by atoms with Crippen molar-refractivity contribution < 1.29 is 13.6 Å². The number of halogens is 2. The number of benzene rings is 1. The van der Waals surface area contributed by atoms with Gasteiger partial charge in [-0.3, -0.25) is 9.48 Å². The van der Waals surface area contributed by atoms with Gasteiger partial charge in [0, 0.05) is 29.4 Å². The molecule has 0 radical (unpaired) electrons. The molecule has 0 aliphatic heterocycles. The number of thioether (sulfide) groups is 1. The molecule has 1 aromatic heterocycles. The predicted molar refractivity (Wildman–Crippen MR) is 81.9 cm³/mol. The average Bonchev–Trinajstić information content (AvgIpc) is 2.85. The van der Waals surface area contributed by atoms with Crippen LogP contribution in [0.4, 0.5) is 14.5 Å². The van der Waals surface area contributed by atoms with Gasteiger partial charge in [-0.05, 0) is 25.2 Å². The normalized spacial score (nSPS) is 12.4. The Labute approximate surface area is 131 Å². The van der Waals surface area contributed by atoms with E-state index in [9.17, 15) is 13.6 Å². The van der Waals surface area contributed by atoms with Crippen LogP contribution in [0.2, 0.25) is 0 Å². The zero-order chi connectivity index (χ0) is 16.1. The van der Waals surface area contributed by atoms with Crippen molar-refractivity contribution in [3.8, 4) is 0 Å². The molecule has 22 heavy (non-hydrogen) atoms. The quantitative estimate of drug-likeness (QED) is 0.801. The summed E-state index contributed by atoms with van der Waals surface area (Å²) in [7, 11) is 3.43. The summed E-state index contributed by atoms with van der Waals surface area (Å²) in [6.45, 7) is 0. The molecule has 0 fully saturated rings. The highest BCUT2D eigenvalue weighted by molar-refractivity contribution is 7.99. The lowest BCUT2D eigenvalue weighted by Crippen LogP contribution is -2.30. The average molecular weight is 326 g/mol. The molecule has 0 aliphatic rings. The molecule has 0 saturated heterocycles. The molecule has 1 atom stereocenters. The molecule has 8 heteroatoms. The van der Waals surface area contributed by atoms with Gasteiger partial charge in [-0.1, -0.05) is 17.8 Å². The predicted octanol–water partition coefficient (Wildman–Crippen LogP) is 2.63. The van der Waals surface area contributed by atoms with Crippen LogP contribution in [0, 0.1) is 0 Å². The summed E-state index contributed by atoms with van der Waals surface area (Å²) in [6.07, 6.45) is 3.34. The van der Waals surface area contributed by atoms with Crippen LogP contribution >= 0.6 is 11.8 Å². The van der Waals surface area contributed by atoms with Crippen LogP contribution in [-0.2, 0) is 11.8 Å². The summed E-state index contributed by atoms with van der Waals surface area (Å²) in [4.78, 5) is 12.7. The van der Waals surface area contributed by atoms with Gasteiger partial charge in [0.2, 0.25) is 5.91 Å². The molecule has 1 heterocycles. The number of alkyl halides is 2. The number of nitrogens with one attached hydrogen (secondary N) is 2. The van der Waals surface area contributed by atoms with E-state index in [1.807, 2.05) is 0 Å². The first-order chi connectivity index (χ1) is 10.5. The Hall–Kier alpha value is -1.93. The van der Waals surface area contributed by atoms with Crippen molar-refractivity contribution in [2.45, 2.75) is 16.7 Å². The van der Waals surface area contributed by atoms with Crippen molar-refractivity contribution in [2.24, 2.45) is 7.05 Å². The van der Waals surface area contributed by atoms with Crippen molar-refractivity contribution in [1.29, 1.82) is 0 Å². The molecule has 0 bridgehead atoms. The number of hydrogen-bond acceptors (Lipinski definition) is 4. The minimum absolute atomic E-state index is 0.283. The van der Waals surface area contributed by atoms with E-state index in [-0.39, 0.29) is 5.91 Å². The van der Waals surface area contributed by atoms with Gasteiger partial charge in [0.15, 0.2) is 0 Å². The topological polar surface area (TPSA) is 59.0 Å². The minimum atomic E-state index is -2.49. The van der Waals surface area contributed by atoms with E-state index < -0.39 is 11.8 Å². The second-order valence-electron chi connectivity index (χ2n) is 4.56. The van der Waals surface area contributed by atoms with Crippen LogP contribution in [0.1, 0.15) is 11.6 Å². The number of aryl methyl sites for hydroxylation is 1. The van der Waals surface area contributed by atoms with E-state index in [4.69, 9.17) is 0 Å². The highest BCUT2D eigenvalue weighted by atomic mass is 32.2. The molecule has 1 amide bonds. The Kier molecular flexibility index (Phi) is 5.51. The molecule has 0 saturated carbocycles. The van der Waals surface area contributed by atoms with E-state index in [1.54, 1.807) is 49.4 Å². The summed E-state index contributed by atoms with van der Waals surface area (Å²) < 4.78 is 26.4. The highest BCUT2D eigenvalue weighted by Crippen LogP contribution is 2.27. The number of carbonyl (C=O) groups is 1. The molecule has 0 aliphatic carbocycles. The fourth-order valence-electron chi connectivity index (χ4n) is 2.00. The maximum Gasteiger partial charge on any atom is 0.288 e. The Morgan fingerprint density at radius 1 is 1.41 bits per heavy atom. The van der Waals surface area contributed by atoms with Gasteiger partial charge in [-0.15, -0.1) is 0 Å². The van der Waals surface area contributed by atoms with Crippen LogP contribution in [0.15, 0.2) is 41.6 Å². The molecule has 1 unspecified atom stereocenters. The SMILES string of the molecule is CNC(C(=O)Nc1cccc(SC(F)F)c1)c1cnn(C)c1. The van der Waals surface area contributed by atoms with E-state index >= 15 is 0 Å². The number of likely N-dealkylation sites (N-methyl/N-ethyl adjacent to an activating group) is 1. The number of rotatable bonds is 6. The van der Waals surface area contributed by atoms with Crippen molar-refractivity contribution in [2.75, 3.05) is 12.4 Å². The zero-order valence-electron chi connectivity index (χ0n) is 12.1. The van der Waals surface area contributed by atoms with Crippen molar-refractivity contribution in [3.63, 3.8) is 0 Å². The van der Waals surface area contributed by atoms with Crippen LogP contribution < -0.4 is 10.6 Å². The number of anilines is 1. The maximum atomic E-state index is 12.4. The Balaban J connectivity index is 2.10. The second kappa shape index (κ2) is 7.37. The third-order valence-electron chi connectivity index (χ3n) is 2.94. The molecule has 2 rings (SSSR count). The smallest absolute Gasteiger partial charge is 0.288 e. The van der Waals surface area contributed by atoms with Gasteiger partial charge < -0.3 is 10.6 Å². The fraction of sp³-hybridized carbons (Fsp3) is 0.286. The monoisotopic (exact) mass is 326 g/mol. The summed E-state index contributed by atoms with van der Waals surface area (Å²) in [5.41, 5.74) is 1.19. The molecule has 2 aromatic rings. The Bertz CT molecular complexity index is 647. The third-order valence-corrected chi connectivity index (χ3v) is 3.64. The Morgan fingerprint density at radius 2 is 2.18 bits per heavy atom. The van der Waals surface area contributed by atoms with Gasteiger partial charge in [0.05, 0.1) is 6.20 Å². The molecule has 2 N–H and O–H groups in total. The van der Waals surface area contributed by atoms with Gasteiger partial charge in [-0.2, -0.15) is 13.9 Å². The molecule has 5 nitrogen and oxygen atoms in total. The molecule has 118 valence electrons. The second-order valence-corrected chi connectivity index (χ2v) is 5.63. The van der Waals surface area contributed by atoms with E-state index in [0.717, 1.165) is 5.56 Å². The number of nitrogens with zero attached hydrogens (tertiary/aromatic N) is 2. The first-order valence-corrected chi connectivity index (χ1v) is 7.39. The number of hydrogen-bond donors (Lipinski definition) is 2. The summed E-state index contributed by atoms with van der Waals surface area (Å²) in [5, 5.41) is 9.66. The number of amides is 1. The maximum absolute atomic E-state index is 12.4. The number of aromatic nitrogens is 2. The molecular weight excluding hydrogens is 310 g/mol. The molecule has 0 spiro atoms. The lowest BCUT2D eigenvalue weighted by Gasteiger charge is -2.15.